The van der Waals surface area contributed by atoms with Gasteiger partial charge in [-0.25, -0.2) is 4.98 Å². The first-order valence-corrected chi connectivity index (χ1v) is 6.78. The summed E-state index contributed by atoms with van der Waals surface area (Å²) in [6.45, 7) is 2.05. The lowest BCUT2D eigenvalue weighted by Crippen LogP contribution is -2.30. The number of rotatable bonds is 1. The Hall–Kier alpha value is -2.49. The summed E-state index contributed by atoms with van der Waals surface area (Å²) < 4.78 is 2.25. The van der Waals surface area contributed by atoms with Crippen LogP contribution in [0.1, 0.15) is 12.1 Å². The van der Waals surface area contributed by atoms with Gasteiger partial charge >= 0.3 is 0 Å². The number of benzene rings is 2. The van der Waals surface area contributed by atoms with Crippen molar-refractivity contribution in [3.8, 4) is 0 Å². The van der Waals surface area contributed by atoms with Crippen LogP contribution in [0.3, 0.4) is 0 Å². The molecular formula is C16H16N4. The normalized spacial score (nSPS) is 17.3. The molecule has 20 heavy (non-hydrogen) atoms. The molecule has 2 heterocycles. The van der Waals surface area contributed by atoms with E-state index in [1.54, 1.807) is 0 Å². The van der Waals surface area contributed by atoms with E-state index in [0.717, 1.165) is 22.5 Å². The molecule has 4 nitrogen and oxygen atoms in total. The number of hydrogen-bond donors (Lipinski definition) is 1. The summed E-state index contributed by atoms with van der Waals surface area (Å²) in [6, 6.07) is 16.6. The molecule has 0 saturated carbocycles. The summed E-state index contributed by atoms with van der Waals surface area (Å²) in [4.78, 5) is 6.90. The lowest BCUT2D eigenvalue weighted by atomic mass is 10.3. The lowest BCUT2D eigenvalue weighted by Gasteiger charge is -2.25. The van der Waals surface area contributed by atoms with Crippen LogP contribution in [0.2, 0.25) is 0 Å². The van der Waals surface area contributed by atoms with Crippen LogP contribution in [0.4, 0.5) is 11.4 Å². The first kappa shape index (κ1) is 11.3. The fourth-order valence-electron chi connectivity index (χ4n) is 2.98. The van der Waals surface area contributed by atoms with Gasteiger partial charge in [0.05, 0.1) is 22.4 Å². The van der Waals surface area contributed by atoms with Crippen molar-refractivity contribution in [2.75, 3.05) is 17.3 Å². The van der Waals surface area contributed by atoms with Crippen LogP contribution < -0.4 is 10.2 Å². The minimum Gasteiger partial charge on any atom is -0.346 e. The average Bonchev–Trinajstić information content (AvgIpc) is 2.96. The number of aryl methyl sites for hydroxylation is 1. The van der Waals surface area contributed by atoms with E-state index >= 15 is 0 Å². The van der Waals surface area contributed by atoms with Crippen molar-refractivity contribution >= 4 is 22.4 Å². The van der Waals surface area contributed by atoms with E-state index in [1.807, 2.05) is 6.07 Å². The molecule has 1 unspecified atom stereocenters. The molecule has 0 amide bonds. The maximum atomic E-state index is 4.65. The first-order valence-electron chi connectivity index (χ1n) is 6.78. The monoisotopic (exact) mass is 264 g/mol. The Balaban J connectivity index is 1.88. The van der Waals surface area contributed by atoms with Gasteiger partial charge in [-0.3, -0.25) is 4.57 Å². The maximum absolute atomic E-state index is 4.65. The van der Waals surface area contributed by atoms with Gasteiger partial charge in [0, 0.05) is 7.05 Å². The molecule has 0 fully saturated rings. The van der Waals surface area contributed by atoms with Crippen molar-refractivity contribution in [2.45, 2.75) is 13.2 Å². The van der Waals surface area contributed by atoms with E-state index in [0.29, 0.717) is 0 Å². The maximum Gasteiger partial charge on any atom is 0.183 e. The van der Waals surface area contributed by atoms with Crippen molar-refractivity contribution in [3.05, 3.63) is 54.4 Å². The van der Waals surface area contributed by atoms with Crippen LogP contribution in [-0.2, 0) is 0 Å². The van der Waals surface area contributed by atoms with Gasteiger partial charge in [-0.05, 0) is 31.2 Å². The number of aromatic nitrogens is 2. The van der Waals surface area contributed by atoms with Crippen LogP contribution in [-0.4, -0.2) is 16.6 Å². The standard InChI is InChI=1S/C16H16N4/c1-11-17-13-8-4-6-10-15(13)20(11)16-18-12-7-3-5-9-14(12)19(16)2/h3-10,16,18H,1-2H3. The molecule has 0 radical (unpaired) electrons. The van der Waals surface area contributed by atoms with Crippen LogP contribution in [0.15, 0.2) is 48.5 Å². The molecule has 1 aromatic heterocycles. The second-order valence-electron chi connectivity index (χ2n) is 5.16. The molecule has 0 aliphatic carbocycles. The highest BCUT2D eigenvalue weighted by atomic mass is 15.4. The van der Waals surface area contributed by atoms with E-state index in [9.17, 15) is 0 Å². The Morgan fingerprint density at radius 1 is 1.05 bits per heavy atom. The minimum atomic E-state index is 0.0693. The number of hydrogen-bond acceptors (Lipinski definition) is 3. The number of imidazole rings is 1. The van der Waals surface area contributed by atoms with E-state index < -0.39 is 0 Å². The van der Waals surface area contributed by atoms with Crippen molar-refractivity contribution in [1.82, 2.24) is 9.55 Å². The zero-order valence-electron chi connectivity index (χ0n) is 11.5. The summed E-state index contributed by atoms with van der Waals surface area (Å²) in [6.07, 6.45) is 0.0693. The summed E-state index contributed by atoms with van der Waals surface area (Å²) in [7, 11) is 2.11. The number of nitrogens with one attached hydrogen (secondary N) is 1. The zero-order chi connectivity index (χ0) is 13.7. The second kappa shape index (κ2) is 4.00. The van der Waals surface area contributed by atoms with E-state index in [4.69, 9.17) is 0 Å². The lowest BCUT2D eigenvalue weighted by molar-refractivity contribution is 0.572. The Morgan fingerprint density at radius 3 is 2.65 bits per heavy atom. The average molecular weight is 264 g/mol. The van der Waals surface area contributed by atoms with Crippen LogP contribution >= 0.6 is 0 Å². The van der Waals surface area contributed by atoms with Crippen molar-refractivity contribution < 1.29 is 0 Å². The smallest absolute Gasteiger partial charge is 0.183 e. The Bertz CT molecular complexity index is 790. The van der Waals surface area contributed by atoms with Gasteiger partial charge in [0.1, 0.15) is 5.82 Å². The molecule has 1 aliphatic rings. The Kier molecular flexibility index (Phi) is 2.27. The molecule has 1 atom stereocenters. The van der Waals surface area contributed by atoms with Gasteiger partial charge in [-0.15, -0.1) is 0 Å². The second-order valence-corrected chi connectivity index (χ2v) is 5.16. The predicted molar refractivity (Wildman–Crippen MR) is 82.0 cm³/mol. The highest BCUT2D eigenvalue weighted by molar-refractivity contribution is 5.79. The summed E-state index contributed by atoms with van der Waals surface area (Å²) in [5.41, 5.74) is 4.57. The highest BCUT2D eigenvalue weighted by Crippen LogP contribution is 2.38. The zero-order valence-corrected chi connectivity index (χ0v) is 11.5. The molecule has 4 rings (SSSR count). The molecule has 100 valence electrons. The molecule has 0 spiro atoms. The number of nitrogens with zero attached hydrogens (tertiary/aromatic N) is 3. The molecule has 1 aliphatic heterocycles. The quantitative estimate of drug-likeness (QED) is 0.731. The first-order chi connectivity index (χ1) is 9.75. The molecule has 3 aromatic rings. The van der Waals surface area contributed by atoms with Gasteiger partial charge < -0.3 is 10.2 Å². The van der Waals surface area contributed by atoms with Gasteiger partial charge in [0.25, 0.3) is 0 Å². The Labute approximate surface area is 117 Å². The van der Waals surface area contributed by atoms with Gasteiger partial charge in [-0.2, -0.15) is 0 Å². The third-order valence-corrected chi connectivity index (χ3v) is 3.95. The SMILES string of the molecule is Cc1nc2ccccc2n1C1Nc2ccccc2N1C. The number of anilines is 2. The van der Waals surface area contributed by atoms with Gasteiger partial charge in [-0.1, -0.05) is 24.3 Å². The fourth-order valence-corrected chi connectivity index (χ4v) is 2.98. The van der Waals surface area contributed by atoms with E-state index in [-0.39, 0.29) is 6.29 Å². The van der Waals surface area contributed by atoms with Crippen molar-refractivity contribution in [1.29, 1.82) is 0 Å². The van der Waals surface area contributed by atoms with Crippen LogP contribution in [0.5, 0.6) is 0 Å². The predicted octanol–water partition coefficient (Wildman–Crippen LogP) is 3.36. The van der Waals surface area contributed by atoms with Gasteiger partial charge in [0.15, 0.2) is 6.29 Å². The van der Waals surface area contributed by atoms with Crippen LogP contribution in [0.25, 0.3) is 11.0 Å². The number of para-hydroxylation sites is 4. The van der Waals surface area contributed by atoms with Crippen LogP contribution in [0, 0.1) is 6.92 Å². The molecular weight excluding hydrogens is 248 g/mol. The third-order valence-electron chi connectivity index (χ3n) is 3.95. The topological polar surface area (TPSA) is 33.1 Å². The molecule has 1 N–H and O–H groups in total. The third kappa shape index (κ3) is 1.45. The molecule has 0 bridgehead atoms. The van der Waals surface area contributed by atoms with Crippen molar-refractivity contribution in [2.24, 2.45) is 0 Å². The fraction of sp³-hybridized carbons (Fsp3) is 0.188. The number of fused-ring (bicyclic) bond motifs is 2. The Morgan fingerprint density at radius 2 is 1.80 bits per heavy atom. The van der Waals surface area contributed by atoms with Gasteiger partial charge in [0.2, 0.25) is 0 Å². The largest absolute Gasteiger partial charge is 0.346 e. The minimum absolute atomic E-state index is 0.0693. The van der Waals surface area contributed by atoms with E-state index in [1.165, 1.54) is 5.69 Å². The molecule has 0 saturated heterocycles. The summed E-state index contributed by atoms with van der Waals surface area (Å²) >= 11 is 0. The summed E-state index contributed by atoms with van der Waals surface area (Å²) in [5, 5.41) is 3.57. The van der Waals surface area contributed by atoms with E-state index in [2.05, 4.69) is 76.2 Å². The highest BCUT2D eigenvalue weighted by Gasteiger charge is 2.28. The molecule has 2 aromatic carbocycles. The van der Waals surface area contributed by atoms with Crippen molar-refractivity contribution in [3.63, 3.8) is 0 Å². The molecule has 4 heteroatoms. The summed E-state index contributed by atoms with van der Waals surface area (Å²) in [5.74, 6) is 1.02.